The Hall–Kier alpha value is -2.50. The number of amides is 2. The summed E-state index contributed by atoms with van der Waals surface area (Å²) in [6, 6.07) is 3.96. The molecule has 2 aliphatic rings. The fraction of sp³-hybridized carbons (Fsp3) is 0.565. The summed E-state index contributed by atoms with van der Waals surface area (Å²) in [5.74, 6) is 0.121. The molecule has 2 aliphatic heterocycles. The van der Waals surface area contributed by atoms with Crippen molar-refractivity contribution in [1.82, 2.24) is 25.3 Å². The van der Waals surface area contributed by atoms with Gasteiger partial charge in [-0.2, -0.15) is 0 Å². The van der Waals surface area contributed by atoms with Gasteiger partial charge in [0.1, 0.15) is 0 Å². The van der Waals surface area contributed by atoms with Crippen molar-refractivity contribution in [2.24, 2.45) is 0 Å². The van der Waals surface area contributed by atoms with Crippen molar-refractivity contribution in [1.29, 1.82) is 0 Å². The van der Waals surface area contributed by atoms with Crippen molar-refractivity contribution in [2.45, 2.75) is 26.7 Å². The molecule has 0 radical (unpaired) electrons. The van der Waals surface area contributed by atoms with Crippen LogP contribution in [-0.2, 0) is 9.59 Å². The molecule has 11 heteroatoms. The molecule has 0 unspecified atom stereocenters. The van der Waals surface area contributed by atoms with E-state index in [0.717, 1.165) is 74.6 Å². The first-order valence-corrected chi connectivity index (χ1v) is 12.5. The van der Waals surface area contributed by atoms with E-state index in [1.807, 2.05) is 35.8 Å². The smallest absolute Gasteiger partial charge is 0.242 e. The number of likely N-dealkylation sites (tertiary alicyclic amines) is 1. The number of thiocarbonyl (C=S) groups is 2. The number of hydrogen-bond donors (Lipinski definition) is 4. The number of nitrogens with one attached hydrogen (secondary N) is 4. The quantitative estimate of drug-likeness (QED) is 0.427. The zero-order valence-electron chi connectivity index (χ0n) is 20.2. The Morgan fingerprint density at radius 3 is 1.62 bits per heavy atom. The molecule has 2 saturated heterocycles. The van der Waals surface area contributed by atoms with E-state index in [-0.39, 0.29) is 24.9 Å². The second-order valence-electron chi connectivity index (χ2n) is 8.87. The molecule has 2 heterocycles. The first-order valence-electron chi connectivity index (χ1n) is 11.7. The summed E-state index contributed by atoms with van der Waals surface area (Å²) in [6.07, 6.45) is 2.14. The van der Waals surface area contributed by atoms with E-state index in [2.05, 4.69) is 33.2 Å². The Morgan fingerprint density at radius 1 is 0.765 bits per heavy atom. The number of hydrogen-bond acceptors (Lipinski definition) is 5. The van der Waals surface area contributed by atoms with E-state index in [9.17, 15) is 9.59 Å². The van der Waals surface area contributed by atoms with Gasteiger partial charge >= 0.3 is 0 Å². The van der Waals surface area contributed by atoms with Crippen molar-refractivity contribution in [3.8, 4) is 0 Å². The molecule has 0 bridgehead atoms. The van der Waals surface area contributed by atoms with Gasteiger partial charge in [-0.3, -0.25) is 9.59 Å². The summed E-state index contributed by atoms with van der Waals surface area (Å²) in [7, 11) is 2.06. The molecule has 0 atom stereocenters. The molecule has 1 aromatic carbocycles. The molecule has 0 spiro atoms. The number of rotatable bonds is 6. The Labute approximate surface area is 212 Å². The van der Waals surface area contributed by atoms with E-state index >= 15 is 0 Å². The molecule has 2 amide bonds. The second kappa shape index (κ2) is 12.3. The number of anilines is 2. The van der Waals surface area contributed by atoms with Crippen LogP contribution >= 0.6 is 24.4 Å². The fourth-order valence-electron chi connectivity index (χ4n) is 3.98. The zero-order chi connectivity index (χ0) is 24.7. The van der Waals surface area contributed by atoms with E-state index in [1.54, 1.807) is 0 Å². The third kappa shape index (κ3) is 7.51. The molecule has 0 aliphatic carbocycles. The topological polar surface area (TPSA) is 92.0 Å². The van der Waals surface area contributed by atoms with Crippen molar-refractivity contribution >= 4 is 57.8 Å². The number of likely N-dealkylation sites (N-methyl/N-ethyl adjacent to an activating group) is 1. The molecule has 34 heavy (non-hydrogen) atoms. The minimum absolute atomic E-state index is 0.0499. The highest BCUT2D eigenvalue weighted by Gasteiger charge is 2.19. The van der Waals surface area contributed by atoms with Gasteiger partial charge in [-0.05, 0) is 81.4 Å². The van der Waals surface area contributed by atoms with Crippen molar-refractivity contribution in [2.75, 3.05) is 70.0 Å². The normalized spacial score (nSPS) is 16.2. The van der Waals surface area contributed by atoms with E-state index < -0.39 is 0 Å². The van der Waals surface area contributed by atoms with Crippen LogP contribution < -0.4 is 21.3 Å². The van der Waals surface area contributed by atoms with Crippen LogP contribution in [0.2, 0.25) is 0 Å². The average Bonchev–Trinajstić information content (AvgIpc) is 3.35. The second-order valence-corrected chi connectivity index (χ2v) is 9.69. The highest BCUT2D eigenvalue weighted by Crippen LogP contribution is 2.24. The van der Waals surface area contributed by atoms with E-state index in [0.29, 0.717) is 10.2 Å². The predicted molar refractivity (Wildman–Crippen MR) is 144 cm³/mol. The van der Waals surface area contributed by atoms with Gasteiger partial charge in [0.2, 0.25) is 11.8 Å². The van der Waals surface area contributed by atoms with Crippen molar-refractivity contribution in [3.63, 3.8) is 0 Å². The lowest BCUT2D eigenvalue weighted by molar-refractivity contribution is -0.131. The maximum atomic E-state index is 12.4. The van der Waals surface area contributed by atoms with Crippen LogP contribution in [0.5, 0.6) is 0 Å². The minimum Gasteiger partial charge on any atom is -0.353 e. The summed E-state index contributed by atoms with van der Waals surface area (Å²) in [5, 5.41) is 13.2. The van der Waals surface area contributed by atoms with E-state index in [1.165, 1.54) is 0 Å². The standard InChI is InChI=1S/C23H35N7O2S2/c1-16-13-19(27-23(34)25-15-21(32)30-10-8-28(3)9-11-30)17(2)12-18(16)26-22(33)24-14-20(31)29-6-4-5-7-29/h12-13H,4-11,14-15H2,1-3H3,(H2,24,26,33)(H2,25,27,34). The number of nitrogens with zero attached hydrogens (tertiary/aromatic N) is 3. The SMILES string of the molecule is Cc1cc(NC(=S)NCC(=O)N2CCN(C)CC2)c(C)cc1NC(=S)NCC(=O)N1CCCC1. The van der Waals surface area contributed by atoms with Crippen LogP contribution in [0.1, 0.15) is 24.0 Å². The highest BCUT2D eigenvalue weighted by atomic mass is 32.1. The maximum Gasteiger partial charge on any atom is 0.242 e. The van der Waals surface area contributed by atoms with Gasteiger partial charge in [0.25, 0.3) is 0 Å². The average molecular weight is 506 g/mol. The Bertz CT molecular complexity index is 926. The summed E-state index contributed by atoms with van der Waals surface area (Å²) in [5.41, 5.74) is 3.66. The zero-order valence-corrected chi connectivity index (χ0v) is 21.8. The van der Waals surface area contributed by atoms with Gasteiger partial charge in [0, 0.05) is 50.6 Å². The van der Waals surface area contributed by atoms with Gasteiger partial charge in [0.05, 0.1) is 13.1 Å². The maximum absolute atomic E-state index is 12.4. The van der Waals surface area contributed by atoms with Crippen LogP contribution in [-0.4, -0.2) is 96.1 Å². The van der Waals surface area contributed by atoms with Crippen LogP contribution in [0, 0.1) is 13.8 Å². The predicted octanol–water partition coefficient (Wildman–Crippen LogP) is 1.27. The molecular formula is C23H35N7O2S2. The summed E-state index contributed by atoms with van der Waals surface area (Å²) < 4.78 is 0. The monoisotopic (exact) mass is 505 g/mol. The van der Waals surface area contributed by atoms with Gasteiger partial charge in [-0.15, -0.1) is 0 Å². The first-order chi connectivity index (χ1) is 16.2. The summed E-state index contributed by atoms with van der Waals surface area (Å²) in [4.78, 5) is 30.5. The molecule has 4 N–H and O–H groups in total. The van der Waals surface area contributed by atoms with Crippen molar-refractivity contribution < 1.29 is 9.59 Å². The molecule has 9 nitrogen and oxygen atoms in total. The van der Waals surface area contributed by atoms with Crippen LogP contribution in [0.4, 0.5) is 11.4 Å². The minimum atomic E-state index is 0.0499. The Kier molecular flexibility index (Phi) is 9.43. The molecule has 186 valence electrons. The lowest BCUT2D eigenvalue weighted by Crippen LogP contribution is -2.50. The lowest BCUT2D eigenvalue weighted by Gasteiger charge is -2.32. The number of benzene rings is 1. The number of aryl methyl sites for hydroxylation is 2. The molecule has 2 fully saturated rings. The number of carbonyl (C=O) groups excluding carboxylic acids is 2. The molecular weight excluding hydrogens is 470 g/mol. The first kappa shape index (κ1) is 26.1. The summed E-state index contributed by atoms with van der Waals surface area (Å²) >= 11 is 10.8. The highest BCUT2D eigenvalue weighted by molar-refractivity contribution is 7.80. The van der Waals surface area contributed by atoms with Crippen LogP contribution in [0.25, 0.3) is 0 Å². The largest absolute Gasteiger partial charge is 0.353 e. The molecule has 0 aromatic heterocycles. The third-order valence-corrected chi connectivity index (χ3v) is 6.68. The van der Waals surface area contributed by atoms with Crippen LogP contribution in [0.3, 0.4) is 0 Å². The Balaban J connectivity index is 1.46. The molecule has 0 saturated carbocycles. The third-order valence-electron chi connectivity index (χ3n) is 6.18. The molecule has 1 aromatic rings. The van der Waals surface area contributed by atoms with Crippen molar-refractivity contribution in [3.05, 3.63) is 23.3 Å². The Morgan fingerprint density at radius 2 is 1.18 bits per heavy atom. The lowest BCUT2D eigenvalue weighted by atomic mass is 10.1. The fourth-order valence-corrected chi connectivity index (χ4v) is 4.34. The number of carbonyl (C=O) groups is 2. The molecule has 3 rings (SSSR count). The van der Waals surface area contributed by atoms with Gasteiger partial charge in [-0.1, -0.05) is 0 Å². The van der Waals surface area contributed by atoms with Gasteiger partial charge in [-0.25, -0.2) is 0 Å². The van der Waals surface area contributed by atoms with E-state index in [4.69, 9.17) is 24.4 Å². The van der Waals surface area contributed by atoms with Crippen LogP contribution in [0.15, 0.2) is 12.1 Å². The van der Waals surface area contributed by atoms with Gasteiger partial charge < -0.3 is 36.0 Å². The van der Waals surface area contributed by atoms with Gasteiger partial charge in [0.15, 0.2) is 10.2 Å². The summed E-state index contributed by atoms with van der Waals surface area (Å²) in [6.45, 7) is 9.22. The number of piperazine rings is 1.